The molecule has 0 saturated carbocycles. The Morgan fingerprint density at radius 2 is 2.26 bits per heavy atom. The van der Waals surface area contributed by atoms with Gasteiger partial charge in [-0.05, 0) is 44.5 Å². The SMILES string of the molecule is C#CCCCC(NCC)C(C)Oc1cccc(Cl)c1. The molecule has 19 heavy (non-hydrogen) atoms. The van der Waals surface area contributed by atoms with Crippen LogP contribution in [0.25, 0.3) is 0 Å². The Balaban J connectivity index is 2.55. The number of halogens is 1. The second-order valence-corrected chi connectivity index (χ2v) is 4.98. The Bertz CT molecular complexity index is 413. The molecule has 0 aliphatic carbocycles. The summed E-state index contributed by atoms with van der Waals surface area (Å²) in [6.07, 6.45) is 8.20. The third-order valence-electron chi connectivity index (χ3n) is 2.99. The predicted octanol–water partition coefficient (Wildman–Crippen LogP) is 3.89. The van der Waals surface area contributed by atoms with E-state index < -0.39 is 0 Å². The van der Waals surface area contributed by atoms with Crippen molar-refractivity contribution in [3.05, 3.63) is 29.3 Å². The molecular weight excluding hydrogens is 258 g/mol. The highest BCUT2D eigenvalue weighted by Gasteiger charge is 2.17. The van der Waals surface area contributed by atoms with Crippen molar-refractivity contribution in [2.45, 2.75) is 45.3 Å². The van der Waals surface area contributed by atoms with Gasteiger partial charge in [0.05, 0.1) is 0 Å². The molecule has 0 saturated heterocycles. The molecule has 0 bridgehead atoms. The van der Waals surface area contributed by atoms with E-state index in [0.717, 1.165) is 31.6 Å². The summed E-state index contributed by atoms with van der Waals surface area (Å²) in [5.74, 6) is 3.48. The largest absolute Gasteiger partial charge is 0.489 e. The van der Waals surface area contributed by atoms with Crippen molar-refractivity contribution in [2.24, 2.45) is 0 Å². The van der Waals surface area contributed by atoms with Gasteiger partial charge in [0.2, 0.25) is 0 Å². The van der Waals surface area contributed by atoms with Crippen LogP contribution in [0.1, 0.15) is 33.1 Å². The molecule has 0 radical (unpaired) electrons. The topological polar surface area (TPSA) is 21.3 Å². The van der Waals surface area contributed by atoms with Gasteiger partial charge in [-0.2, -0.15) is 0 Å². The van der Waals surface area contributed by atoms with Gasteiger partial charge in [0.15, 0.2) is 0 Å². The fourth-order valence-corrected chi connectivity index (χ4v) is 2.21. The number of unbranched alkanes of at least 4 members (excludes halogenated alkanes) is 1. The Labute approximate surface area is 121 Å². The average molecular weight is 280 g/mol. The number of terminal acetylenes is 1. The zero-order valence-electron chi connectivity index (χ0n) is 11.7. The summed E-state index contributed by atoms with van der Waals surface area (Å²) in [5, 5.41) is 4.14. The van der Waals surface area contributed by atoms with Gasteiger partial charge < -0.3 is 10.1 Å². The molecule has 0 heterocycles. The third kappa shape index (κ3) is 6.00. The van der Waals surface area contributed by atoms with E-state index in [2.05, 4.69) is 25.1 Å². The van der Waals surface area contributed by atoms with E-state index in [0.29, 0.717) is 11.1 Å². The minimum absolute atomic E-state index is 0.0798. The number of nitrogens with one attached hydrogen (secondary N) is 1. The Morgan fingerprint density at radius 1 is 1.47 bits per heavy atom. The van der Waals surface area contributed by atoms with E-state index in [1.54, 1.807) is 0 Å². The van der Waals surface area contributed by atoms with Crippen molar-refractivity contribution in [3.8, 4) is 18.1 Å². The summed E-state index contributed by atoms with van der Waals surface area (Å²) in [6, 6.07) is 7.80. The monoisotopic (exact) mass is 279 g/mol. The molecular formula is C16H22ClNO. The second-order valence-electron chi connectivity index (χ2n) is 4.54. The van der Waals surface area contributed by atoms with Gasteiger partial charge >= 0.3 is 0 Å². The summed E-state index contributed by atoms with van der Waals surface area (Å²) in [5.41, 5.74) is 0. The highest BCUT2D eigenvalue weighted by Crippen LogP contribution is 2.20. The number of benzene rings is 1. The van der Waals surface area contributed by atoms with E-state index in [4.69, 9.17) is 22.8 Å². The first-order valence-corrected chi connectivity index (χ1v) is 7.14. The van der Waals surface area contributed by atoms with Crippen molar-refractivity contribution in [1.29, 1.82) is 0 Å². The quantitative estimate of drug-likeness (QED) is 0.576. The zero-order valence-corrected chi connectivity index (χ0v) is 12.4. The van der Waals surface area contributed by atoms with Crippen molar-refractivity contribution in [1.82, 2.24) is 5.32 Å². The maximum absolute atomic E-state index is 5.95. The van der Waals surface area contributed by atoms with Crippen LogP contribution in [0.5, 0.6) is 5.75 Å². The van der Waals surface area contributed by atoms with Gasteiger partial charge in [0.25, 0.3) is 0 Å². The Morgan fingerprint density at radius 3 is 2.89 bits per heavy atom. The fourth-order valence-electron chi connectivity index (χ4n) is 2.03. The summed E-state index contributed by atoms with van der Waals surface area (Å²) in [7, 11) is 0. The molecule has 0 fully saturated rings. The van der Waals surface area contributed by atoms with Gasteiger partial charge in [-0.15, -0.1) is 12.3 Å². The summed E-state index contributed by atoms with van der Waals surface area (Å²) >= 11 is 5.95. The van der Waals surface area contributed by atoms with Crippen molar-refractivity contribution < 1.29 is 4.74 Å². The molecule has 104 valence electrons. The van der Waals surface area contributed by atoms with Crippen LogP contribution >= 0.6 is 11.6 Å². The molecule has 0 amide bonds. The normalized spacial score (nSPS) is 13.6. The van der Waals surface area contributed by atoms with Gasteiger partial charge in [-0.3, -0.25) is 0 Å². The lowest BCUT2D eigenvalue weighted by atomic mass is 10.0. The van der Waals surface area contributed by atoms with Crippen LogP contribution in [-0.2, 0) is 0 Å². The predicted molar refractivity (Wildman–Crippen MR) is 81.7 cm³/mol. The number of likely N-dealkylation sites (N-methyl/N-ethyl adjacent to an activating group) is 1. The van der Waals surface area contributed by atoms with E-state index in [9.17, 15) is 0 Å². The molecule has 0 aliphatic heterocycles. The number of ether oxygens (including phenoxy) is 1. The van der Waals surface area contributed by atoms with E-state index in [1.165, 1.54) is 0 Å². The van der Waals surface area contributed by atoms with Crippen LogP contribution in [0.4, 0.5) is 0 Å². The smallest absolute Gasteiger partial charge is 0.121 e. The number of rotatable bonds is 8. The minimum Gasteiger partial charge on any atom is -0.489 e. The van der Waals surface area contributed by atoms with E-state index in [-0.39, 0.29) is 6.10 Å². The molecule has 2 unspecified atom stereocenters. The van der Waals surface area contributed by atoms with Gasteiger partial charge in [0, 0.05) is 17.5 Å². The van der Waals surface area contributed by atoms with Crippen molar-refractivity contribution >= 4 is 11.6 Å². The molecule has 0 spiro atoms. The van der Waals surface area contributed by atoms with E-state index in [1.807, 2.05) is 24.3 Å². The zero-order chi connectivity index (χ0) is 14.1. The molecule has 2 nitrogen and oxygen atoms in total. The summed E-state index contributed by atoms with van der Waals surface area (Å²) < 4.78 is 5.94. The number of hydrogen-bond donors (Lipinski definition) is 1. The molecule has 1 rings (SSSR count). The minimum atomic E-state index is 0.0798. The van der Waals surface area contributed by atoms with Crippen LogP contribution in [-0.4, -0.2) is 18.7 Å². The average Bonchev–Trinajstić information content (AvgIpc) is 2.38. The molecule has 1 N–H and O–H groups in total. The maximum Gasteiger partial charge on any atom is 0.121 e. The number of hydrogen-bond acceptors (Lipinski definition) is 2. The fraction of sp³-hybridized carbons (Fsp3) is 0.500. The maximum atomic E-state index is 5.95. The lowest BCUT2D eigenvalue weighted by Crippen LogP contribution is -2.41. The van der Waals surface area contributed by atoms with Crippen LogP contribution in [0.3, 0.4) is 0 Å². The summed E-state index contributed by atoms with van der Waals surface area (Å²) in [4.78, 5) is 0. The first kappa shape index (κ1) is 15.9. The van der Waals surface area contributed by atoms with Crippen LogP contribution in [0.15, 0.2) is 24.3 Å². The van der Waals surface area contributed by atoms with Crippen LogP contribution < -0.4 is 10.1 Å². The molecule has 1 aromatic carbocycles. The molecule has 0 aliphatic rings. The first-order chi connectivity index (χ1) is 9.17. The first-order valence-electron chi connectivity index (χ1n) is 6.76. The second kappa shape index (κ2) is 8.85. The Kier molecular flexibility index (Phi) is 7.40. The summed E-state index contributed by atoms with van der Waals surface area (Å²) in [6.45, 7) is 5.09. The van der Waals surface area contributed by atoms with Crippen molar-refractivity contribution in [2.75, 3.05) is 6.54 Å². The van der Waals surface area contributed by atoms with Crippen LogP contribution in [0, 0.1) is 12.3 Å². The molecule has 2 atom stereocenters. The Hall–Kier alpha value is -1.17. The lowest BCUT2D eigenvalue weighted by Gasteiger charge is -2.25. The van der Waals surface area contributed by atoms with E-state index >= 15 is 0 Å². The standard InChI is InChI=1S/C16H22ClNO/c1-4-6-7-11-16(18-5-2)13(3)19-15-10-8-9-14(17)12-15/h1,8-10,12-13,16,18H,5-7,11H2,2-3H3. The highest BCUT2D eigenvalue weighted by atomic mass is 35.5. The highest BCUT2D eigenvalue weighted by molar-refractivity contribution is 6.30. The molecule has 1 aromatic rings. The van der Waals surface area contributed by atoms with Crippen molar-refractivity contribution in [3.63, 3.8) is 0 Å². The third-order valence-corrected chi connectivity index (χ3v) is 3.22. The molecule has 3 heteroatoms. The van der Waals surface area contributed by atoms with Gasteiger partial charge in [-0.1, -0.05) is 24.6 Å². The van der Waals surface area contributed by atoms with Crippen LogP contribution in [0.2, 0.25) is 5.02 Å². The lowest BCUT2D eigenvalue weighted by molar-refractivity contribution is 0.164. The molecule has 0 aromatic heterocycles. The van der Waals surface area contributed by atoms with Gasteiger partial charge in [-0.25, -0.2) is 0 Å². The van der Waals surface area contributed by atoms with Gasteiger partial charge in [0.1, 0.15) is 11.9 Å².